The Hall–Kier alpha value is -1.57. The Morgan fingerprint density at radius 3 is 2.57 bits per heavy atom. The normalized spacial score (nSPS) is 10.8. The Morgan fingerprint density at radius 2 is 1.86 bits per heavy atom. The Bertz CT molecular complexity index is 501. The summed E-state index contributed by atoms with van der Waals surface area (Å²) in [4.78, 5) is 4.32. The molecule has 1 heterocycles. The molecule has 2 rings (SSSR count). The average Bonchev–Trinajstić information content (AvgIpc) is 2.14. The molecule has 0 unspecified atom stereocenters. The predicted molar refractivity (Wildman–Crippen MR) is 60.4 cm³/mol. The van der Waals surface area contributed by atoms with Crippen molar-refractivity contribution in [2.45, 2.75) is 20.8 Å². The Kier molecular flexibility index (Phi) is 1.92. The van der Waals surface area contributed by atoms with Gasteiger partial charge < -0.3 is 5.73 Å². The second kappa shape index (κ2) is 2.98. The van der Waals surface area contributed by atoms with Gasteiger partial charge in [-0.3, -0.25) is 0 Å². The monoisotopic (exact) mass is 186 g/mol. The van der Waals surface area contributed by atoms with Crippen molar-refractivity contribution in [2.24, 2.45) is 0 Å². The maximum atomic E-state index is 5.88. The first-order valence-electron chi connectivity index (χ1n) is 4.73. The molecule has 2 aromatic rings. The maximum Gasteiger partial charge on any atom is 0.131 e. The lowest BCUT2D eigenvalue weighted by atomic mass is 10.0. The molecular formula is C12H14N2. The van der Waals surface area contributed by atoms with Crippen LogP contribution in [0.3, 0.4) is 0 Å². The summed E-state index contributed by atoms with van der Waals surface area (Å²) in [6.45, 7) is 6.20. The molecule has 0 amide bonds. The number of hydrogen-bond acceptors (Lipinski definition) is 2. The molecule has 1 aromatic heterocycles. The summed E-state index contributed by atoms with van der Waals surface area (Å²) in [5, 5.41) is 2.31. The predicted octanol–water partition coefficient (Wildman–Crippen LogP) is 2.74. The molecule has 2 heteroatoms. The molecular weight excluding hydrogens is 172 g/mol. The Labute approximate surface area is 83.8 Å². The molecule has 2 N–H and O–H groups in total. The Balaban J connectivity index is 3.03. The number of nitrogens with two attached hydrogens (primary N) is 1. The number of aryl methyl sites for hydroxylation is 3. The summed E-state index contributed by atoms with van der Waals surface area (Å²) in [7, 11) is 0. The topological polar surface area (TPSA) is 38.9 Å². The van der Waals surface area contributed by atoms with Crippen LogP contribution in [-0.2, 0) is 0 Å². The number of hydrogen-bond donors (Lipinski definition) is 1. The smallest absolute Gasteiger partial charge is 0.131 e. The molecule has 1 aromatic carbocycles. The van der Waals surface area contributed by atoms with Gasteiger partial charge in [0.05, 0.1) is 0 Å². The van der Waals surface area contributed by atoms with Crippen LogP contribution in [0.1, 0.15) is 16.8 Å². The molecule has 0 saturated carbocycles. The van der Waals surface area contributed by atoms with E-state index in [9.17, 15) is 0 Å². The van der Waals surface area contributed by atoms with E-state index in [-0.39, 0.29) is 0 Å². The summed E-state index contributed by atoms with van der Waals surface area (Å²) in [5.41, 5.74) is 9.39. The number of fused-ring (bicyclic) bond motifs is 1. The number of benzene rings is 1. The van der Waals surface area contributed by atoms with Crippen molar-refractivity contribution >= 4 is 16.6 Å². The zero-order valence-corrected chi connectivity index (χ0v) is 8.76. The van der Waals surface area contributed by atoms with Crippen molar-refractivity contribution in [1.29, 1.82) is 0 Å². The molecule has 0 aliphatic rings. The molecule has 0 aliphatic heterocycles. The summed E-state index contributed by atoms with van der Waals surface area (Å²) in [5.74, 6) is 0.631. The quantitative estimate of drug-likeness (QED) is 0.687. The van der Waals surface area contributed by atoms with Gasteiger partial charge in [0.1, 0.15) is 5.82 Å². The number of pyridine rings is 1. The highest BCUT2D eigenvalue weighted by atomic mass is 14.8. The van der Waals surface area contributed by atoms with E-state index in [1.165, 1.54) is 16.5 Å². The third-order valence-electron chi connectivity index (χ3n) is 2.75. The van der Waals surface area contributed by atoms with Crippen molar-refractivity contribution in [2.75, 3.05) is 5.73 Å². The van der Waals surface area contributed by atoms with Crippen LogP contribution in [0.25, 0.3) is 10.8 Å². The summed E-state index contributed by atoms with van der Waals surface area (Å²) in [6.07, 6.45) is 0. The van der Waals surface area contributed by atoms with Crippen LogP contribution in [-0.4, -0.2) is 4.98 Å². The summed E-state index contributed by atoms with van der Waals surface area (Å²) in [6, 6.07) is 6.15. The van der Waals surface area contributed by atoms with Gasteiger partial charge >= 0.3 is 0 Å². The van der Waals surface area contributed by atoms with Gasteiger partial charge in [0, 0.05) is 11.1 Å². The lowest BCUT2D eigenvalue weighted by Gasteiger charge is -2.10. The minimum absolute atomic E-state index is 0.631. The number of aromatic nitrogens is 1. The molecule has 0 spiro atoms. The summed E-state index contributed by atoms with van der Waals surface area (Å²) >= 11 is 0. The zero-order chi connectivity index (χ0) is 10.3. The van der Waals surface area contributed by atoms with Crippen LogP contribution in [0.2, 0.25) is 0 Å². The minimum Gasteiger partial charge on any atom is -0.383 e. The van der Waals surface area contributed by atoms with Crippen LogP contribution in [0.5, 0.6) is 0 Å². The molecule has 72 valence electrons. The van der Waals surface area contributed by atoms with Crippen molar-refractivity contribution in [3.05, 3.63) is 35.0 Å². The van der Waals surface area contributed by atoms with E-state index in [1.54, 1.807) is 0 Å². The SMILES string of the molecule is Cc1nc(N)c2cccc(C)c2c1C. The average molecular weight is 186 g/mol. The van der Waals surface area contributed by atoms with Crippen LogP contribution in [0.4, 0.5) is 5.82 Å². The fraction of sp³-hybridized carbons (Fsp3) is 0.250. The van der Waals surface area contributed by atoms with E-state index >= 15 is 0 Å². The highest BCUT2D eigenvalue weighted by molar-refractivity contribution is 5.95. The third kappa shape index (κ3) is 1.15. The molecule has 0 radical (unpaired) electrons. The third-order valence-corrected chi connectivity index (χ3v) is 2.75. The van der Waals surface area contributed by atoms with E-state index in [2.05, 4.69) is 24.9 Å². The zero-order valence-electron chi connectivity index (χ0n) is 8.76. The van der Waals surface area contributed by atoms with Crippen molar-refractivity contribution in [3.8, 4) is 0 Å². The van der Waals surface area contributed by atoms with Crippen molar-refractivity contribution < 1.29 is 0 Å². The molecule has 0 fully saturated rings. The first-order valence-corrected chi connectivity index (χ1v) is 4.73. The Morgan fingerprint density at radius 1 is 1.14 bits per heavy atom. The van der Waals surface area contributed by atoms with Gasteiger partial charge in [-0.25, -0.2) is 4.98 Å². The molecule has 0 aliphatic carbocycles. The van der Waals surface area contributed by atoms with Crippen LogP contribution in [0, 0.1) is 20.8 Å². The van der Waals surface area contributed by atoms with Crippen LogP contribution < -0.4 is 5.73 Å². The van der Waals surface area contributed by atoms with Crippen LogP contribution in [0.15, 0.2) is 18.2 Å². The maximum absolute atomic E-state index is 5.88. The van der Waals surface area contributed by atoms with Gasteiger partial charge in [0.25, 0.3) is 0 Å². The largest absolute Gasteiger partial charge is 0.383 e. The lowest BCUT2D eigenvalue weighted by Crippen LogP contribution is -1.98. The van der Waals surface area contributed by atoms with Crippen LogP contribution >= 0.6 is 0 Å². The molecule has 0 atom stereocenters. The minimum atomic E-state index is 0.631. The lowest BCUT2D eigenvalue weighted by molar-refractivity contribution is 1.18. The van der Waals surface area contributed by atoms with Gasteiger partial charge in [-0.15, -0.1) is 0 Å². The number of nitrogen functional groups attached to an aromatic ring is 1. The highest BCUT2D eigenvalue weighted by Gasteiger charge is 2.07. The van der Waals surface area contributed by atoms with Gasteiger partial charge in [-0.1, -0.05) is 18.2 Å². The van der Waals surface area contributed by atoms with E-state index in [1.807, 2.05) is 19.1 Å². The van der Waals surface area contributed by atoms with Crippen molar-refractivity contribution in [1.82, 2.24) is 4.98 Å². The first kappa shape index (κ1) is 9.00. The van der Waals surface area contributed by atoms with E-state index in [0.29, 0.717) is 5.82 Å². The van der Waals surface area contributed by atoms with Gasteiger partial charge in [-0.05, 0) is 37.3 Å². The van der Waals surface area contributed by atoms with E-state index < -0.39 is 0 Å². The molecule has 0 bridgehead atoms. The second-order valence-corrected chi connectivity index (χ2v) is 3.70. The fourth-order valence-corrected chi connectivity index (χ4v) is 1.88. The number of anilines is 1. The standard InChI is InChI=1S/C12H14N2/c1-7-5-4-6-10-11(7)8(2)9(3)14-12(10)13/h4-6H,1-3H3,(H2,13,14). The fourth-order valence-electron chi connectivity index (χ4n) is 1.88. The van der Waals surface area contributed by atoms with E-state index in [0.717, 1.165) is 11.1 Å². The van der Waals surface area contributed by atoms with Crippen molar-refractivity contribution in [3.63, 3.8) is 0 Å². The molecule has 14 heavy (non-hydrogen) atoms. The van der Waals surface area contributed by atoms with Gasteiger partial charge in [0.15, 0.2) is 0 Å². The first-order chi connectivity index (χ1) is 6.61. The van der Waals surface area contributed by atoms with Gasteiger partial charge in [0.2, 0.25) is 0 Å². The second-order valence-electron chi connectivity index (χ2n) is 3.70. The van der Waals surface area contributed by atoms with E-state index in [4.69, 9.17) is 5.73 Å². The summed E-state index contributed by atoms with van der Waals surface area (Å²) < 4.78 is 0. The number of nitrogens with zero attached hydrogens (tertiary/aromatic N) is 1. The highest BCUT2D eigenvalue weighted by Crippen LogP contribution is 2.27. The molecule has 0 saturated heterocycles. The number of rotatable bonds is 0. The van der Waals surface area contributed by atoms with Gasteiger partial charge in [-0.2, -0.15) is 0 Å². The molecule has 2 nitrogen and oxygen atoms in total.